The minimum absolute atomic E-state index is 0.0940. The Labute approximate surface area is 131 Å². The summed E-state index contributed by atoms with van der Waals surface area (Å²) in [5.41, 5.74) is 0.283. The SMILES string of the molecule is O=C(O)C1=CC(Cl)N(c2cccc3ccccc23)C(Cl)=C1. The first-order valence-electron chi connectivity index (χ1n) is 6.31. The third kappa shape index (κ3) is 2.50. The molecule has 0 saturated carbocycles. The van der Waals surface area contributed by atoms with Gasteiger partial charge in [0, 0.05) is 5.39 Å². The lowest BCUT2D eigenvalue weighted by Crippen LogP contribution is -2.31. The summed E-state index contributed by atoms with van der Waals surface area (Å²) in [6.07, 6.45) is 2.88. The molecule has 1 aliphatic rings. The third-order valence-electron chi connectivity index (χ3n) is 3.34. The lowest BCUT2D eigenvalue weighted by molar-refractivity contribution is -0.132. The van der Waals surface area contributed by atoms with Crippen LogP contribution in [0.15, 0.2) is 65.3 Å². The highest BCUT2D eigenvalue weighted by Gasteiger charge is 2.25. The molecule has 0 fully saturated rings. The lowest BCUT2D eigenvalue weighted by atomic mass is 10.1. The number of hydrogen-bond acceptors (Lipinski definition) is 2. The van der Waals surface area contributed by atoms with Gasteiger partial charge in [0.2, 0.25) is 0 Å². The van der Waals surface area contributed by atoms with Crippen LogP contribution in [0.2, 0.25) is 0 Å². The summed E-state index contributed by atoms with van der Waals surface area (Å²) in [7, 11) is 0. The van der Waals surface area contributed by atoms with Crippen LogP contribution in [0.1, 0.15) is 0 Å². The molecular formula is C16H11Cl2NO2. The molecule has 1 heterocycles. The van der Waals surface area contributed by atoms with Gasteiger partial charge in [0.05, 0.1) is 11.3 Å². The van der Waals surface area contributed by atoms with Crippen LogP contribution < -0.4 is 4.90 Å². The van der Waals surface area contributed by atoms with Crippen LogP contribution in [0.4, 0.5) is 5.69 Å². The minimum Gasteiger partial charge on any atom is -0.478 e. The van der Waals surface area contributed by atoms with Crippen molar-refractivity contribution in [2.24, 2.45) is 0 Å². The van der Waals surface area contributed by atoms with Crippen molar-refractivity contribution in [1.82, 2.24) is 0 Å². The normalized spacial score (nSPS) is 18.4. The molecule has 2 aromatic carbocycles. The van der Waals surface area contributed by atoms with E-state index in [0.29, 0.717) is 0 Å². The summed E-state index contributed by atoms with van der Waals surface area (Å²) in [5, 5.41) is 11.4. The zero-order valence-electron chi connectivity index (χ0n) is 10.8. The van der Waals surface area contributed by atoms with Crippen LogP contribution in [-0.4, -0.2) is 16.6 Å². The molecular weight excluding hydrogens is 309 g/mol. The molecule has 1 N–H and O–H groups in total. The molecule has 1 aliphatic heterocycles. The molecule has 0 radical (unpaired) electrons. The number of benzene rings is 2. The summed E-state index contributed by atoms with van der Waals surface area (Å²) in [6, 6.07) is 13.7. The van der Waals surface area contributed by atoms with E-state index >= 15 is 0 Å². The number of nitrogens with zero attached hydrogens (tertiary/aromatic N) is 1. The van der Waals surface area contributed by atoms with Crippen molar-refractivity contribution < 1.29 is 9.90 Å². The molecule has 21 heavy (non-hydrogen) atoms. The fourth-order valence-corrected chi connectivity index (χ4v) is 3.10. The van der Waals surface area contributed by atoms with Crippen molar-refractivity contribution in [3.8, 4) is 0 Å². The maximum atomic E-state index is 11.1. The quantitative estimate of drug-likeness (QED) is 0.662. The standard InChI is InChI=1S/C16H11Cl2NO2/c17-14-8-11(16(20)21)9-15(18)19(14)13-7-3-5-10-4-1-2-6-12(10)13/h1-9,14H,(H,20,21). The maximum Gasteiger partial charge on any atom is 0.335 e. The van der Waals surface area contributed by atoms with Crippen LogP contribution in [0.3, 0.4) is 0 Å². The van der Waals surface area contributed by atoms with Crippen LogP contribution in [0, 0.1) is 0 Å². The number of hydrogen-bond donors (Lipinski definition) is 1. The first-order chi connectivity index (χ1) is 10.1. The lowest BCUT2D eigenvalue weighted by Gasteiger charge is -2.31. The second kappa shape index (κ2) is 5.43. The topological polar surface area (TPSA) is 40.5 Å². The number of alkyl halides is 1. The molecule has 1 unspecified atom stereocenters. The fraction of sp³-hybridized carbons (Fsp3) is 0.0625. The van der Waals surface area contributed by atoms with Gasteiger partial charge in [-0.25, -0.2) is 4.79 Å². The summed E-state index contributed by atoms with van der Waals surface area (Å²) in [5.74, 6) is -1.05. The van der Waals surface area contributed by atoms with Crippen molar-refractivity contribution in [2.75, 3.05) is 4.90 Å². The molecule has 0 saturated heterocycles. The molecule has 3 nitrogen and oxygen atoms in total. The van der Waals surface area contributed by atoms with E-state index in [9.17, 15) is 4.79 Å². The van der Waals surface area contributed by atoms with Crippen molar-refractivity contribution in [1.29, 1.82) is 0 Å². The summed E-state index contributed by atoms with van der Waals surface area (Å²) >= 11 is 12.6. The Morgan fingerprint density at radius 3 is 2.57 bits per heavy atom. The predicted octanol–water partition coefficient (Wildman–Crippen LogP) is 4.32. The van der Waals surface area contributed by atoms with Crippen LogP contribution >= 0.6 is 23.2 Å². The number of fused-ring (bicyclic) bond motifs is 1. The van der Waals surface area contributed by atoms with Gasteiger partial charge in [-0.2, -0.15) is 0 Å². The molecule has 0 aliphatic carbocycles. The van der Waals surface area contributed by atoms with Gasteiger partial charge >= 0.3 is 5.97 Å². The highest BCUT2D eigenvalue weighted by Crippen LogP contribution is 2.36. The molecule has 1 atom stereocenters. The third-order valence-corrected chi connectivity index (χ3v) is 3.95. The van der Waals surface area contributed by atoms with E-state index < -0.39 is 11.5 Å². The molecule has 5 heteroatoms. The summed E-state index contributed by atoms with van der Waals surface area (Å²) in [6.45, 7) is 0. The van der Waals surface area contributed by atoms with Gasteiger partial charge in [0.15, 0.2) is 0 Å². The molecule has 3 rings (SSSR count). The average molecular weight is 320 g/mol. The molecule has 2 aromatic rings. The van der Waals surface area contributed by atoms with E-state index in [1.54, 1.807) is 4.90 Å². The van der Waals surface area contributed by atoms with E-state index in [0.717, 1.165) is 16.5 Å². The van der Waals surface area contributed by atoms with Crippen LogP contribution in [-0.2, 0) is 4.79 Å². The van der Waals surface area contributed by atoms with Crippen molar-refractivity contribution in [3.63, 3.8) is 0 Å². The highest BCUT2D eigenvalue weighted by atomic mass is 35.5. The summed E-state index contributed by atoms with van der Waals surface area (Å²) in [4.78, 5) is 12.8. The Balaban J connectivity index is 2.12. The highest BCUT2D eigenvalue weighted by molar-refractivity contribution is 6.34. The molecule has 0 aromatic heterocycles. The van der Waals surface area contributed by atoms with E-state index in [2.05, 4.69) is 0 Å². The van der Waals surface area contributed by atoms with Gasteiger partial charge in [-0.1, -0.05) is 59.6 Å². The Morgan fingerprint density at radius 1 is 1.14 bits per heavy atom. The number of carboxylic acids is 1. The van der Waals surface area contributed by atoms with Gasteiger partial charge in [0.1, 0.15) is 10.7 Å². The minimum atomic E-state index is -1.05. The van der Waals surface area contributed by atoms with Crippen molar-refractivity contribution >= 4 is 45.6 Å². The zero-order valence-corrected chi connectivity index (χ0v) is 12.3. The smallest absolute Gasteiger partial charge is 0.335 e. The second-order valence-corrected chi connectivity index (χ2v) is 5.47. The Bertz CT molecular complexity index is 777. The Kier molecular flexibility index (Phi) is 3.62. The van der Waals surface area contributed by atoms with Gasteiger partial charge in [-0.15, -0.1) is 0 Å². The van der Waals surface area contributed by atoms with Gasteiger partial charge in [0.25, 0.3) is 0 Å². The van der Waals surface area contributed by atoms with E-state index in [1.165, 1.54) is 12.2 Å². The van der Waals surface area contributed by atoms with Crippen LogP contribution in [0.25, 0.3) is 10.8 Å². The van der Waals surface area contributed by atoms with Crippen molar-refractivity contribution in [2.45, 2.75) is 5.50 Å². The maximum absolute atomic E-state index is 11.1. The van der Waals surface area contributed by atoms with E-state index in [4.69, 9.17) is 28.3 Å². The van der Waals surface area contributed by atoms with Gasteiger partial charge in [-0.3, -0.25) is 0 Å². The number of rotatable bonds is 2. The largest absolute Gasteiger partial charge is 0.478 e. The fourth-order valence-electron chi connectivity index (χ4n) is 2.39. The predicted molar refractivity (Wildman–Crippen MR) is 85.7 cm³/mol. The first kappa shape index (κ1) is 14.0. The van der Waals surface area contributed by atoms with E-state index in [-0.39, 0.29) is 10.7 Å². The van der Waals surface area contributed by atoms with E-state index in [1.807, 2.05) is 42.5 Å². The first-order valence-corrected chi connectivity index (χ1v) is 7.13. The number of anilines is 1. The number of carbonyl (C=O) groups is 1. The number of halogens is 2. The molecule has 0 bridgehead atoms. The van der Waals surface area contributed by atoms with Crippen LogP contribution in [0.5, 0.6) is 0 Å². The second-order valence-electron chi connectivity index (χ2n) is 4.64. The monoisotopic (exact) mass is 319 g/mol. The molecule has 0 spiro atoms. The van der Waals surface area contributed by atoms with Gasteiger partial charge < -0.3 is 10.0 Å². The van der Waals surface area contributed by atoms with Gasteiger partial charge in [-0.05, 0) is 23.6 Å². The average Bonchev–Trinajstić information content (AvgIpc) is 2.46. The molecule has 0 amide bonds. The van der Waals surface area contributed by atoms with Crippen molar-refractivity contribution in [3.05, 3.63) is 65.3 Å². The molecule has 106 valence electrons. The summed E-state index contributed by atoms with van der Waals surface area (Å²) < 4.78 is 0. The Morgan fingerprint density at radius 2 is 1.86 bits per heavy atom. The number of carboxylic acid groups (broad SMARTS) is 1. The zero-order chi connectivity index (χ0) is 15.0. The Hall–Kier alpha value is -1.97. The number of aliphatic carboxylic acids is 1.